The fraction of sp³-hybridized carbons (Fsp3) is 0.267. The zero-order chi connectivity index (χ0) is 14.5. The van der Waals surface area contributed by atoms with Gasteiger partial charge in [0.15, 0.2) is 0 Å². The minimum atomic E-state index is -0.0859. The van der Waals surface area contributed by atoms with E-state index in [4.69, 9.17) is 5.73 Å². The fourth-order valence-electron chi connectivity index (χ4n) is 1.96. The van der Waals surface area contributed by atoms with E-state index >= 15 is 0 Å². The highest BCUT2D eigenvalue weighted by Crippen LogP contribution is 2.22. The predicted octanol–water partition coefficient (Wildman–Crippen LogP) is 2.37. The number of amides is 1. The second-order valence-corrected chi connectivity index (χ2v) is 5.59. The van der Waals surface area contributed by atoms with E-state index in [1.54, 1.807) is 23.5 Å². The molecule has 20 heavy (non-hydrogen) atoms. The minimum Gasteiger partial charge on any atom is -0.397 e. The number of carbonyl (C=O) groups is 1. The van der Waals surface area contributed by atoms with Gasteiger partial charge in [0, 0.05) is 26.2 Å². The van der Waals surface area contributed by atoms with Crippen molar-refractivity contribution >= 4 is 28.6 Å². The number of carbonyl (C=O) groups excluding carboxylic acids is 1. The molecule has 0 atom stereocenters. The number of nitrogens with one attached hydrogen (secondary N) is 1. The van der Waals surface area contributed by atoms with Crippen LogP contribution < -0.4 is 16.0 Å². The van der Waals surface area contributed by atoms with E-state index < -0.39 is 0 Å². The minimum absolute atomic E-state index is 0.0859. The molecule has 4 nitrogen and oxygen atoms in total. The molecule has 1 heterocycles. The highest BCUT2D eigenvalue weighted by Gasteiger charge is 2.08. The van der Waals surface area contributed by atoms with Crippen LogP contribution in [0.15, 0.2) is 35.0 Å². The third-order valence-corrected chi connectivity index (χ3v) is 3.78. The molecule has 3 N–H and O–H groups in total. The van der Waals surface area contributed by atoms with Gasteiger partial charge in [0.2, 0.25) is 0 Å². The van der Waals surface area contributed by atoms with Crippen molar-refractivity contribution in [3.05, 3.63) is 46.2 Å². The van der Waals surface area contributed by atoms with Gasteiger partial charge >= 0.3 is 0 Å². The lowest BCUT2D eigenvalue weighted by atomic mass is 10.1. The summed E-state index contributed by atoms with van der Waals surface area (Å²) in [6.45, 7) is 0.630. The average molecular weight is 289 g/mol. The summed E-state index contributed by atoms with van der Waals surface area (Å²) in [6.07, 6.45) is 0.848. The van der Waals surface area contributed by atoms with Crippen LogP contribution in [0.4, 0.5) is 11.4 Å². The van der Waals surface area contributed by atoms with Crippen LogP contribution in [0.3, 0.4) is 0 Å². The largest absolute Gasteiger partial charge is 0.397 e. The van der Waals surface area contributed by atoms with Crippen molar-refractivity contribution in [2.75, 3.05) is 31.3 Å². The Morgan fingerprint density at radius 2 is 2.15 bits per heavy atom. The molecule has 1 aromatic heterocycles. The molecule has 0 spiro atoms. The molecule has 2 rings (SSSR count). The average Bonchev–Trinajstić information content (AvgIpc) is 2.91. The maximum Gasteiger partial charge on any atom is 0.251 e. The molecular weight excluding hydrogens is 270 g/mol. The molecule has 0 saturated carbocycles. The molecule has 0 bridgehead atoms. The maximum absolute atomic E-state index is 12.0. The van der Waals surface area contributed by atoms with Gasteiger partial charge in [0.25, 0.3) is 5.91 Å². The van der Waals surface area contributed by atoms with Crippen LogP contribution in [-0.2, 0) is 6.42 Å². The van der Waals surface area contributed by atoms with Crippen molar-refractivity contribution in [2.24, 2.45) is 0 Å². The van der Waals surface area contributed by atoms with Crippen molar-refractivity contribution in [1.82, 2.24) is 5.32 Å². The zero-order valence-corrected chi connectivity index (χ0v) is 12.5. The Bertz CT molecular complexity index is 579. The first-order chi connectivity index (χ1) is 9.58. The summed E-state index contributed by atoms with van der Waals surface area (Å²) < 4.78 is 0. The Labute approximate surface area is 123 Å². The Kier molecular flexibility index (Phi) is 4.63. The van der Waals surface area contributed by atoms with Crippen molar-refractivity contribution in [3.63, 3.8) is 0 Å². The lowest BCUT2D eigenvalue weighted by Crippen LogP contribution is -2.25. The lowest BCUT2D eigenvalue weighted by molar-refractivity contribution is 0.0954. The molecule has 0 aliphatic rings. The number of hydrogen-bond acceptors (Lipinski definition) is 4. The molecule has 5 heteroatoms. The van der Waals surface area contributed by atoms with Gasteiger partial charge in [-0.15, -0.1) is 0 Å². The monoisotopic (exact) mass is 289 g/mol. The van der Waals surface area contributed by atoms with Gasteiger partial charge in [-0.2, -0.15) is 11.3 Å². The number of nitrogen functional groups attached to an aromatic ring is 1. The SMILES string of the molecule is CN(C)c1ccc(C(=O)NCCc2ccsc2)cc1N. The highest BCUT2D eigenvalue weighted by molar-refractivity contribution is 7.07. The predicted molar refractivity (Wildman–Crippen MR) is 85.5 cm³/mol. The second-order valence-electron chi connectivity index (χ2n) is 4.81. The Balaban J connectivity index is 1.94. The van der Waals surface area contributed by atoms with E-state index in [1.165, 1.54) is 5.56 Å². The molecule has 0 saturated heterocycles. The maximum atomic E-state index is 12.0. The Hall–Kier alpha value is -2.01. The van der Waals surface area contributed by atoms with Crippen molar-refractivity contribution < 1.29 is 4.79 Å². The Morgan fingerprint density at radius 1 is 1.35 bits per heavy atom. The lowest BCUT2D eigenvalue weighted by Gasteiger charge is -2.15. The molecule has 0 radical (unpaired) electrons. The zero-order valence-electron chi connectivity index (χ0n) is 11.7. The smallest absolute Gasteiger partial charge is 0.251 e. The number of nitrogens with zero attached hydrogens (tertiary/aromatic N) is 1. The van der Waals surface area contributed by atoms with Crippen LogP contribution in [0.25, 0.3) is 0 Å². The van der Waals surface area contributed by atoms with Gasteiger partial charge in [-0.25, -0.2) is 0 Å². The van der Waals surface area contributed by atoms with Crippen molar-refractivity contribution in [1.29, 1.82) is 0 Å². The topological polar surface area (TPSA) is 58.4 Å². The normalized spacial score (nSPS) is 10.3. The molecular formula is C15H19N3OS. The van der Waals surface area contributed by atoms with Gasteiger partial charge in [0.1, 0.15) is 0 Å². The summed E-state index contributed by atoms with van der Waals surface area (Å²) in [6, 6.07) is 7.45. The molecule has 106 valence electrons. The van der Waals surface area contributed by atoms with E-state index in [0.29, 0.717) is 17.8 Å². The molecule has 0 unspecified atom stereocenters. The van der Waals surface area contributed by atoms with E-state index in [-0.39, 0.29) is 5.91 Å². The number of thiophene rings is 1. The third kappa shape index (κ3) is 3.51. The molecule has 2 aromatic rings. The van der Waals surface area contributed by atoms with E-state index in [1.807, 2.05) is 30.4 Å². The third-order valence-electron chi connectivity index (χ3n) is 3.05. The van der Waals surface area contributed by atoms with Crippen LogP contribution in [-0.4, -0.2) is 26.5 Å². The number of anilines is 2. The highest BCUT2D eigenvalue weighted by atomic mass is 32.1. The molecule has 0 fully saturated rings. The summed E-state index contributed by atoms with van der Waals surface area (Å²) >= 11 is 1.67. The van der Waals surface area contributed by atoms with Crippen LogP contribution in [0.2, 0.25) is 0 Å². The summed E-state index contributed by atoms with van der Waals surface area (Å²) in [5.41, 5.74) is 9.32. The van der Waals surface area contributed by atoms with E-state index in [0.717, 1.165) is 12.1 Å². The summed E-state index contributed by atoms with van der Waals surface area (Å²) in [4.78, 5) is 14.0. The standard InChI is InChI=1S/C15H19N3OS/c1-18(2)14-4-3-12(9-13(14)16)15(19)17-7-5-11-6-8-20-10-11/h3-4,6,8-10H,5,7,16H2,1-2H3,(H,17,19). The number of rotatable bonds is 5. The molecule has 0 aliphatic heterocycles. The van der Waals surface area contributed by atoms with Crippen molar-refractivity contribution in [2.45, 2.75) is 6.42 Å². The van der Waals surface area contributed by atoms with Crippen LogP contribution in [0.1, 0.15) is 15.9 Å². The fourth-order valence-corrected chi connectivity index (χ4v) is 2.66. The first kappa shape index (κ1) is 14.4. The molecule has 1 aromatic carbocycles. The first-order valence-electron chi connectivity index (χ1n) is 6.44. The molecule has 1 amide bonds. The summed E-state index contributed by atoms with van der Waals surface area (Å²) in [7, 11) is 3.85. The number of hydrogen-bond donors (Lipinski definition) is 2. The van der Waals surface area contributed by atoms with Crippen LogP contribution in [0, 0.1) is 0 Å². The van der Waals surface area contributed by atoms with E-state index in [9.17, 15) is 4.79 Å². The quantitative estimate of drug-likeness (QED) is 0.831. The number of nitrogens with two attached hydrogens (primary N) is 1. The van der Waals surface area contributed by atoms with Crippen LogP contribution in [0.5, 0.6) is 0 Å². The first-order valence-corrected chi connectivity index (χ1v) is 7.38. The summed E-state index contributed by atoms with van der Waals surface area (Å²) in [5, 5.41) is 7.04. The molecule has 0 aliphatic carbocycles. The van der Waals surface area contributed by atoms with Gasteiger partial charge < -0.3 is 16.0 Å². The van der Waals surface area contributed by atoms with Gasteiger partial charge in [-0.1, -0.05) is 0 Å². The van der Waals surface area contributed by atoms with Crippen LogP contribution >= 0.6 is 11.3 Å². The van der Waals surface area contributed by atoms with Gasteiger partial charge in [-0.3, -0.25) is 4.79 Å². The van der Waals surface area contributed by atoms with Crippen molar-refractivity contribution in [3.8, 4) is 0 Å². The van der Waals surface area contributed by atoms with Gasteiger partial charge in [-0.05, 0) is 47.0 Å². The van der Waals surface area contributed by atoms with E-state index in [2.05, 4.69) is 16.8 Å². The summed E-state index contributed by atoms with van der Waals surface area (Å²) in [5.74, 6) is -0.0859. The Morgan fingerprint density at radius 3 is 2.75 bits per heavy atom. The van der Waals surface area contributed by atoms with Gasteiger partial charge in [0.05, 0.1) is 11.4 Å². The number of benzene rings is 1. The second kappa shape index (κ2) is 6.43.